The predicted octanol–water partition coefficient (Wildman–Crippen LogP) is 2.80. The van der Waals surface area contributed by atoms with E-state index in [0.29, 0.717) is 36.1 Å². The second kappa shape index (κ2) is 7.66. The van der Waals surface area contributed by atoms with Gasteiger partial charge in [0, 0.05) is 26.7 Å². The lowest BCUT2D eigenvalue weighted by Crippen LogP contribution is -2.40. The molecule has 3 heterocycles. The molecule has 0 spiro atoms. The molecule has 8 heteroatoms. The number of fused-ring (bicyclic) bond motifs is 3. The van der Waals surface area contributed by atoms with E-state index in [2.05, 4.69) is 17.9 Å². The third-order valence-corrected chi connectivity index (χ3v) is 5.80. The van der Waals surface area contributed by atoms with Gasteiger partial charge in [-0.2, -0.15) is 4.98 Å². The molecule has 0 fully saturated rings. The molecular weight excluding hydrogens is 382 g/mol. The van der Waals surface area contributed by atoms with Crippen LogP contribution in [0.5, 0.6) is 5.75 Å². The van der Waals surface area contributed by atoms with Crippen LogP contribution in [0.25, 0.3) is 11.2 Å². The maximum atomic E-state index is 13.3. The molecule has 30 heavy (non-hydrogen) atoms. The molecule has 1 aliphatic rings. The summed E-state index contributed by atoms with van der Waals surface area (Å²) in [5.41, 5.74) is 2.37. The maximum absolute atomic E-state index is 13.3. The van der Waals surface area contributed by atoms with Crippen molar-refractivity contribution >= 4 is 22.8 Å². The molecule has 8 nitrogen and oxygen atoms in total. The number of aromatic nitrogens is 4. The van der Waals surface area contributed by atoms with Crippen molar-refractivity contribution in [2.24, 2.45) is 13.0 Å². The van der Waals surface area contributed by atoms with Gasteiger partial charge in [0.15, 0.2) is 11.2 Å². The van der Waals surface area contributed by atoms with Crippen molar-refractivity contribution in [1.82, 2.24) is 18.7 Å². The lowest BCUT2D eigenvalue weighted by atomic mass is 10.1. The summed E-state index contributed by atoms with van der Waals surface area (Å²) < 4.78 is 10.4. The smallest absolute Gasteiger partial charge is 0.332 e. The molecule has 0 bridgehead atoms. The fraction of sp³-hybridized carbons (Fsp3) is 0.500. The highest BCUT2D eigenvalue weighted by atomic mass is 16.5. The number of unbranched alkanes of at least 4 members (excludes halogenated alkanes) is 1. The van der Waals surface area contributed by atoms with Crippen LogP contribution in [0.1, 0.15) is 32.3 Å². The van der Waals surface area contributed by atoms with Gasteiger partial charge in [-0.25, -0.2) is 4.79 Å². The Kier molecular flexibility index (Phi) is 5.17. The van der Waals surface area contributed by atoms with Crippen LogP contribution < -0.4 is 20.9 Å². The summed E-state index contributed by atoms with van der Waals surface area (Å²) >= 11 is 0. The Hall–Kier alpha value is -3.03. The van der Waals surface area contributed by atoms with Gasteiger partial charge < -0.3 is 14.2 Å². The molecule has 0 N–H and O–H groups in total. The molecule has 0 saturated heterocycles. The van der Waals surface area contributed by atoms with Crippen LogP contribution in [-0.4, -0.2) is 32.3 Å². The number of rotatable bonds is 5. The van der Waals surface area contributed by atoms with Gasteiger partial charge >= 0.3 is 5.69 Å². The summed E-state index contributed by atoms with van der Waals surface area (Å²) in [7, 11) is 3.34. The molecule has 1 atom stereocenters. The normalized spacial score (nSPS) is 16.2. The highest BCUT2D eigenvalue weighted by Gasteiger charge is 2.31. The number of nitrogens with zero attached hydrogens (tertiary/aromatic N) is 5. The quantitative estimate of drug-likeness (QED) is 0.645. The Morgan fingerprint density at radius 3 is 2.70 bits per heavy atom. The van der Waals surface area contributed by atoms with Gasteiger partial charge in [-0.3, -0.25) is 13.9 Å². The number of anilines is 2. The van der Waals surface area contributed by atoms with E-state index < -0.39 is 0 Å². The van der Waals surface area contributed by atoms with E-state index >= 15 is 0 Å². The number of aryl methyl sites for hydroxylation is 2. The summed E-state index contributed by atoms with van der Waals surface area (Å²) in [6.45, 7) is 8.09. The summed E-state index contributed by atoms with van der Waals surface area (Å²) in [5, 5.41) is 0. The Labute approximate surface area is 175 Å². The summed E-state index contributed by atoms with van der Waals surface area (Å²) in [5.74, 6) is 1.72. The molecule has 160 valence electrons. The van der Waals surface area contributed by atoms with Crippen LogP contribution in [0, 0.1) is 12.8 Å². The minimum atomic E-state index is -0.316. The van der Waals surface area contributed by atoms with Crippen LogP contribution >= 0.6 is 0 Å². The Bertz CT molecular complexity index is 1220. The highest BCUT2D eigenvalue weighted by molar-refractivity contribution is 5.78. The SMILES string of the molecule is CCCCn1c(=O)c2c(nc3n2C[C@@H](C)CN3c2cc(C)ccc2OC)n(C)c1=O. The van der Waals surface area contributed by atoms with Crippen LogP contribution in [-0.2, 0) is 20.1 Å². The molecular formula is C22H29N5O3. The predicted molar refractivity (Wildman–Crippen MR) is 118 cm³/mol. The van der Waals surface area contributed by atoms with Gasteiger partial charge in [-0.05, 0) is 37.0 Å². The molecule has 0 radical (unpaired) electrons. The van der Waals surface area contributed by atoms with E-state index in [0.717, 1.165) is 36.4 Å². The minimum absolute atomic E-state index is 0.259. The van der Waals surface area contributed by atoms with Crippen LogP contribution in [0.2, 0.25) is 0 Å². The second-order valence-corrected chi connectivity index (χ2v) is 8.24. The van der Waals surface area contributed by atoms with Crippen molar-refractivity contribution in [3.8, 4) is 5.75 Å². The zero-order valence-corrected chi connectivity index (χ0v) is 18.3. The van der Waals surface area contributed by atoms with Crippen molar-refractivity contribution in [2.45, 2.75) is 46.7 Å². The van der Waals surface area contributed by atoms with Gasteiger partial charge in [0.05, 0.1) is 12.8 Å². The van der Waals surface area contributed by atoms with E-state index in [4.69, 9.17) is 9.72 Å². The molecule has 1 aromatic carbocycles. The molecule has 0 amide bonds. The number of hydrogen-bond donors (Lipinski definition) is 0. The highest BCUT2D eigenvalue weighted by Crippen LogP contribution is 2.38. The van der Waals surface area contributed by atoms with E-state index in [1.54, 1.807) is 14.2 Å². The monoisotopic (exact) mass is 411 g/mol. The molecule has 0 aliphatic carbocycles. The number of imidazole rings is 1. The molecule has 2 aromatic heterocycles. The van der Waals surface area contributed by atoms with E-state index in [9.17, 15) is 9.59 Å². The average Bonchev–Trinajstić information content (AvgIpc) is 3.11. The lowest BCUT2D eigenvalue weighted by molar-refractivity contribution is 0.409. The third-order valence-electron chi connectivity index (χ3n) is 5.80. The van der Waals surface area contributed by atoms with E-state index in [1.165, 1.54) is 9.13 Å². The van der Waals surface area contributed by atoms with Crippen molar-refractivity contribution in [1.29, 1.82) is 0 Å². The molecule has 0 unspecified atom stereocenters. The van der Waals surface area contributed by atoms with Crippen LogP contribution in [0.3, 0.4) is 0 Å². The number of hydrogen-bond acceptors (Lipinski definition) is 5. The average molecular weight is 412 g/mol. The molecule has 1 aliphatic heterocycles. The largest absolute Gasteiger partial charge is 0.495 e. The minimum Gasteiger partial charge on any atom is -0.495 e. The second-order valence-electron chi connectivity index (χ2n) is 8.24. The fourth-order valence-electron chi connectivity index (χ4n) is 4.23. The third kappa shape index (κ3) is 3.11. The standard InChI is InChI=1S/C22H29N5O3/c1-6-7-10-25-20(28)18-19(24(4)22(25)29)23-21-26(12-15(3)13-27(18)21)16-11-14(2)8-9-17(16)30-5/h8-9,11,15H,6-7,10,12-13H2,1-5H3/t15-/m0/s1. The van der Waals surface area contributed by atoms with Crippen molar-refractivity contribution in [2.75, 3.05) is 18.6 Å². The lowest BCUT2D eigenvalue weighted by Gasteiger charge is -2.33. The summed E-state index contributed by atoms with van der Waals surface area (Å²) in [4.78, 5) is 33.0. The van der Waals surface area contributed by atoms with Gasteiger partial charge in [-0.15, -0.1) is 0 Å². The first-order valence-corrected chi connectivity index (χ1v) is 10.5. The maximum Gasteiger partial charge on any atom is 0.332 e. The summed E-state index contributed by atoms with van der Waals surface area (Å²) in [6.07, 6.45) is 1.70. The molecule has 3 aromatic rings. The van der Waals surface area contributed by atoms with Crippen LogP contribution in [0.15, 0.2) is 27.8 Å². The fourth-order valence-corrected chi connectivity index (χ4v) is 4.23. The Morgan fingerprint density at radius 1 is 1.23 bits per heavy atom. The first-order valence-electron chi connectivity index (χ1n) is 10.5. The number of ether oxygens (including phenoxy) is 1. The van der Waals surface area contributed by atoms with E-state index in [-0.39, 0.29) is 11.2 Å². The van der Waals surface area contributed by atoms with Gasteiger partial charge in [0.1, 0.15) is 5.75 Å². The Balaban J connectivity index is 2.00. The van der Waals surface area contributed by atoms with Gasteiger partial charge in [0.25, 0.3) is 5.56 Å². The van der Waals surface area contributed by atoms with Crippen molar-refractivity contribution in [3.05, 3.63) is 44.6 Å². The Morgan fingerprint density at radius 2 is 2.00 bits per heavy atom. The van der Waals surface area contributed by atoms with Gasteiger partial charge in [-0.1, -0.05) is 26.3 Å². The number of methoxy groups -OCH3 is 1. The van der Waals surface area contributed by atoms with Crippen molar-refractivity contribution < 1.29 is 4.74 Å². The zero-order valence-electron chi connectivity index (χ0n) is 18.3. The van der Waals surface area contributed by atoms with Crippen LogP contribution in [0.4, 0.5) is 11.6 Å². The van der Waals surface area contributed by atoms with Gasteiger partial charge in [0.2, 0.25) is 5.95 Å². The summed E-state index contributed by atoms with van der Waals surface area (Å²) in [6, 6.07) is 6.03. The molecule has 0 saturated carbocycles. The first-order chi connectivity index (χ1) is 14.4. The molecule has 4 rings (SSSR count). The number of benzene rings is 1. The zero-order chi connectivity index (χ0) is 21.6. The topological polar surface area (TPSA) is 74.3 Å². The van der Waals surface area contributed by atoms with E-state index in [1.807, 2.05) is 30.5 Å². The first kappa shape index (κ1) is 20.3. The van der Waals surface area contributed by atoms with Crippen molar-refractivity contribution in [3.63, 3.8) is 0 Å².